The third kappa shape index (κ3) is 6.31. The fourth-order valence-electron chi connectivity index (χ4n) is 3.68. The van der Waals surface area contributed by atoms with E-state index >= 15 is 0 Å². The zero-order chi connectivity index (χ0) is 24.7. The molecule has 33 heavy (non-hydrogen) atoms. The Labute approximate surface area is 195 Å². The van der Waals surface area contributed by atoms with Gasteiger partial charge in [0.15, 0.2) is 5.88 Å². The molecule has 0 aliphatic rings. The zero-order valence-electron chi connectivity index (χ0n) is 20.0. The first-order valence-electron chi connectivity index (χ1n) is 11.0. The highest BCUT2D eigenvalue weighted by atomic mass is 19.1. The van der Waals surface area contributed by atoms with Crippen molar-refractivity contribution in [2.45, 2.75) is 46.0 Å². The number of methoxy groups -OCH3 is 1. The fourth-order valence-corrected chi connectivity index (χ4v) is 3.68. The number of nitrogens with two attached hydrogens (primary N) is 2. The first-order valence-corrected chi connectivity index (χ1v) is 11.0. The third-order valence-corrected chi connectivity index (χ3v) is 5.68. The Hall–Kier alpha value is -3.42. The van der Waals surface area contributed by atoms with E-state index in [2.05, 4.69) is 11.9 Å². The van der Waals surface area contributed by atoms with Crippen molar-refractivity contribution in [2.75, 3.05) is 26.4 Å². The topological polar surface area (TPSA) is 118 Å². The van der Waals surface area contributed by atoms with E-state index in [4.69, 9.17) is 21.6 Å². The van der Waals surface area contributed by atoms with Crippen molar-refractivity contribution in [2.24, 2.45) is 5.73 Å². The zero-order valence-corrected chi connectivity index (χ0v) is 20.0. The van der Waals surface area contributed by atoms with E-state index in [1.807, 2.05) is 13.8 Å². The molecule has 178 valence electrons. The monoisotopic (exact) mass is 455 g/mol. The molecule has 2 aromatic rings. The maximum atomic E-state index is 14.0. The smallest absolute Gasteiger partial charge is 0.254 e. The minimum absolute atomic E-state index is 0.0260. The van der Waals surface area contributed by atoms with E-state index in [1.54, 1.807) is 13.1 Å². The van der Waals surface area contributed by atoms with Crippen LogP contribution in [0.2, 0.25) is 0 Å². The summed E-state index contributed by atoms with van der Waals surface area (Å²) in [5.74, 6) is -0.197. The quantitative estimate of drug-likeness (QED) is 0.361. The number of halogens is 1. The summed E-state index contributed by atoms with van der Waals surface area (Å²) >= 11 is 0. The largest absolute Gasteiger partial charge is 0.482 e. The number of carbonyl (C=O) groups excluding carboxylic acids is 1. The number of hydrogen-bond acceptors (Lipinski definition) is 6. The van der Waals surface area contributed by atoms with Crippen LogP contribution < -0.4 is 11.5 Å². The van der Waals surface area contributed by atoms with Crippen molar-refractivity contribution in [3.63, 3.8) is 0 Å². The molecule has 1 amide bonds. The summed E-state index contributed by atoms with van der Waals surface area (Å²) in [6.07, 6.45) is 4.40. The molecular weight excluding hydrogens is 421 g/mol. The van der Waals surface area contributed by atoms with Crippen LogP contribution in [-0.2, 0) is 4.74 Å². The summed E-state index contributed by atoms with van der Waals surface area (Å²) in [7, 11) is 3.02. The molecule has 0 aliphatic carbocycles. The van der Waals surface area contributed by atoms with E-state index in [9.17, 15) is 9.18 Å². The minimum atomic E-state index is -0.371. The number of benzene rings is 1. The van der Waals surface area contributed by atoms with Crippen LogP contribution in [-0.4, -0.2) is 42.2 Å². The van der Waals surface area contributed by atoms with E-state index in [0.717, 1.165) is 24.8 Å². The number of nitrogens with zero attached hydrogens (tertiary/aromatic N) is 2. The van der Waals surface area contributed by atoms with Crippen LogP contribution in [0.1, 0.15) is 66.1 Å². The van der Waals surface area contributed by atoms with Gasteiger partial charge < -0.3 is 26.5 Å². The van der Waals surface area contributed by atoms with Crippen molar-refractivity contribution in [3.05, 3.63) is 64.4 Å². The lowest BCUT2D eigenvalue weighted by Gasteiger charge is -2.23. The van der Waals surface area contributed by atoms with Gasteiger partial charge in [-0.25, -0.2) is 9.37 Å². The first kappa shape index (κ1) is 25.8. The van der Waals surface area contributed by atoms with Crippen LogP contribution in [0.4, 0.5) is 10.2 Å². The molecular formula is C25H34FN5O2. The van der Waals surface area contributed by atoms with Gasteiger partial charge in [0.05, 0.1) is 24.9 Å². The number of anilines is 1. The molecule has 0 fully saturated rings. The normalized spacial score (nSPS) is 12.7. The van der Waals surface area contributed by atoms with Crippen molar-refractivity contribution in [1.82, 2.24) is 9.88 Å². The molecule has 1 aromatic heterocycles. The maximum absolute atomic E-state index is 14.0. The molecule has 1 atom stereocenters. The molecule has 0 unspecified atom stereocenters. The summed E-state index contributed by atoms with van der Waals surface area (Å²) < 4.78 is 19.2. The minimum Gasteiger partial charge on any atom is -0.482 e. The summed E-state index contributed by atoms with van der Waals surface area (Å²) in [4.78, 5) is 18.9. The van der Waals surface area contributed by atoms with Gasteiger partial charge in [-0.2, -0.15) is 0 Å². The van der Waals surface area contributed by atoms with Crippen molar-refractivity contribution >= 4 is 23.0 Å². The number of nitrogens with one attached hydrogen (secondary N) is 1. The van der Waals surface area contributed by atoms with E-state index in [1.165, 1.54) is 36.4 Å². The van der Waals surface area contributed by atoms with Gasteiger partial charge in [0.1, 0.15) is 11.6 Å². The van der Waals surface area contributed by atoms with Gasteiger partial charge in [-0.1, -0.05) is 26.7 Å². The third-order valence-electron chi connectivity index (χ3n) is 5.68. The highest BCUT2D eigenvalue weighted by Crippen LogP contribution is 2.27. The predicted octanol–water partition coefficient (Wildman–Crippen LogP) is 4.47. The maximum Gasteiger partial charge on any atom is 0.254 e. The SMILES string of the molecule is CCCC[C@@H](C)c1cc(F)ccc1C(=O)N(C)CC(=N)/C(=C(\N)OC)c1cnc(N)c(C)c1. The number of carbonyl (C=O) groups is 1. The van der Waals surface area contributed by atoms with Crippen molar-refractivity contribution in [3.8, 4) is 0 Å². The average Bonchev–Trinajstić information content (AvgIpc) is 2.79. The molecule has 1 heterocycles. The number of aryl methyl sites for hydroxylation is 1. The lowest BCUT2D eigenvalue weighted by atomic mass is 9.90. The van der Waals surface area contributed by atoms with Crippen LogP contribution in [0, 0.1) is 18.2 Å². The molecule has 8 heteroatoms. The Balaban J connectivity index is 2.33. The number of ether oxygens (including phenoxy) is 1. The van der Waals surface area contributed by atoms with Crippen molar-refractivity contribution in [1.29, 1.82) is 5.41 Å². The second kappa shape index (κ2) is 11.4. The van der Waals surface area contributed by atoms with Gasteiger partial charge in [0, 0.05) is 24.4 Å². The summed E-state index contributed by atoms with van der Waals surface area (Å²) in [5, 5.41) is 8.66. The molecule has 0 saturated carbocycles. The number of unbranched alkanes of at least 4 members (excludes halogenated alkanes) is 1. The first-order chi connectivity index (χ1) is 15.6. The average molecular weight is 456 g/mol. The van der Waals surface area contributed by atoms with Crippen molar-refractivity contribution < 1.29 is 13.9 Å². The highest BCUT2D eigenvalue weighted by molar-refractivity contribution is 6.24. The standard InChI is InChI=1S/C25H34FN5O2/c1-6-7-8-15(2)20-12-18(26)9-10-19(20)25(32)31(4)14-21(27)22(24(29)33-5)17-11-16(3)23(28)30-13-17/h9-13,15,27H,6-8,14,29H2,1-5H3,(H2,28,30)/b24-22+,27-21?/t15-/m1/s1. The Kier molecular flexibility index (Phi) is 8.96. The molecule has 2 rings (SSSR count). The lowest BCUT2D eigenvalue weighted by Crippen LogP contribution is -2.33. The van der Waals surface area contributed by atoms with Gasteiger partial charge in [0.2, 0.25) is 0 Å². The van der Waals surface area contributed by atoms with E-state index in [-0.39, 0.29) is 35.8 Å². The highest BCUT2D eigenvalue weighted by Gasteiger charge is 2.23. The molecule has 0 saturated heterocycles. The number of rotatable bonds is 10. The predicted molar refractivity (Wildman–Crippen MR) is 131 cm³/mol. The van der Waals surface area contributed by atoms with Crippen LogP contribution in [0.3, 0.4) is 0 Å². The molecule has 0 aliphatic heterocycles. The molecule has 0 radical (unpaired) electrons. The van der Waals surface area contributed by atoms with Crippen LogP contribution >= 0.6 is 0 Å². The Morgan fingerprint density at radius 1 is 1.33 bits per heavy atom. The summed E-state index contributed by atoms with van der Waals surface area (Å²) in [5.41, 5.74) is 14.7. The second-order valence-electron chi connectivity index (χ2n) is 8.28. The van der Waals surface area contributed by atoms with Gasteiger partial charge in [-0.15, -0.1) is 0 Å². The fraction of sp³-hybridized carbons (Fsp3) is 0.400. The lowest BCUT2D eigenvalue weighted by molar-refractivity contribution is 0.0813. The van der Waals surface area contributed by atoms with Gasteiger partial charge in [0.25, 0.3) is 5.91 Å². The summed E-state index contributed by atoms with van der Waals surface area (Å²) in [6, 6.07) is 6.01. The van der Waals surface area contributed by atoms with Crippen LogP contribution in [0.15, 0.2) is 36.3 Å². The molecule has 1 aromatic carbocycles. The van der Waals surface area contributed by atoms with E-state index < -0.39 is 0 Å². The Bertz CT molecular complexity index is 1050. The number of aromatic nitrogens is 1. The van der Waals surface area contributed by atoms with Crippen LogP contribution in [0.25, 0.3) is 5.57 Å². The number of hydrogen-bond donors (Lipinski definition) is 3. The number of nitrogen functional groups attached to an aromatic ring is 1. The van der Waals surface area contributed by atoms with Gasteiger partial charge >= 0.3 is 0 Å². The Morgan fingerprint density at radius 3 is 2.64 bits per heavy atom. The van der Waals surface area contributed by atoms with Gasteiger partial charge in [-0.05, 0) is 54.7 Å². The van der Waals surface area contributed by atoms with E-state index in [0.29, 0.717) is 28.1 Å². The number of amides is 1. The van der Waals surface area contributed by atoms with Crippen LogP contribution in [0.5, 0.6) is 0 Å². The Morgan fingerprint density at radius 2 is 2.03 bits per heavy atom. The van der Waals surface area contributed by atoms with Gasteiger partial charge in [-0.3, -0.25) is 4.79 Å². The molecule has 0 spiro atoms. The molecule has 7 nitrogen and oxygen atoms in total. The molecule has 0 bridgehead atoms. The number of pyridine rings is 1. The molecule has 5 N–H and O–H groups in total. The second-order valence-corrected chi connectivity index (χ2v) is 8.28. The summed E-state index contributed by atoms with van der Waals surface area (Å²) in [6.45, 7) is 5.88.